The van der Waals surface area contributed by atoms with Crippen LogP contribution in [0.4, 0.5) is 0 Å². The number of tetrazole rings is 1. The molecule has 1 atom stereocenters. The van der Waals surface area contributed by atoms with Gasteiger partial charge in [-0.1, -0.05) is 27.7 Å². The van der Waals surface area contributed by atoms with E-state index in [0.29, 0.717) is 12.3 Å². The van der Waals surface area contributed by atoms with Crippen LogP contribution in [0.25, 0.3) is 10.6 Å². The predicted molar refractivity (Wildman–Crippen MR) is 108 cm³/mol. The summed E-state index contributed by atoms with van der Waals surface area (Å²) in [6.07, 6.45) is 2.38. The van der Waals surface area contributed by atoms with Gasteiger partial charge in [-0.3, -0.25) is 0 Å². The first-order valence-electron chi connectivity index (χ1n) is 8.52. The third-order valence-corrected chi connectivity index (χ3v) is 6.60. The van der Waals surface area contributed by atoms with Gasteiger partial charge in [0.25, 0.3) is 0 Å². The minimum absolute atomic E-state index is 0.211. The van der Waals surface area contributed by atoms with Crippen LogP contribution in [0, 0.1) is 0 Å². The van der Waals surface area contributed by atoms with Gasteiger partial charge in [-0.25, -0.2) is 9.67 Å². The molecule has 0 amide bonds. The first-order valence-corrected chi connectivity index (χ1v) is 11.2. The zero-order chi connectivity index (χ0) is 18.6. The summed E-state index contributed by atoms with van der Waals surface area (Å²) in [4.78, 5) is 4.76. The van der Waals surface area contributed by atoms with Crippen LogP contribution in [0.1, 0.15) is 18.5 Å². The Bertz CT molecular complexity index is 910. The van der Waals surface area contributed by atoms with Crippen LogP contribution in [-0.4, -0.2) is 45.0 Å². The van der Waals surface area contributed by atoms with Crippen molar-refractivity contribution in [1.29, 1.82) is 0 Å². The number of benzene rings is 1. The molecule has 1 fully saturated rings. The molecule has 0 saturated carbocycles. The highest BCUT2D eigenvalue weighted by Crippen LogP contribution is 2.35. The van der Waals surface area contributed by atoms with E-state index in [1.165, 1.54) is 0 Å². The maximum atomic E-state index is 5.68. The standard InChI is InChI=1S/C17H18BrN5O2S2/c1-24-15-5-4-11(18)7-14(15)16-19-12(9-26-16)10-27-17-20-21-22-23(17)8-13-3-2-6-25-13/h4-5,7,9,13H,2-3,6,8,10H2,1H3. The summed E-state index contributed by atoms with van der Waals surface area (Å²) in [5.74, 6) is 1.52. The molecule has 4 rings (SSSR count). The van der Waals surface area contributed by atoms with Crippen molar-refractivity contribution in [3.8, 4) is 16.3 Å². The molecule has 0 spiro atoms. The molecule has 1 saturated heterocycles. The van der Waals surface area contributed by atoms with Gasteiger partial charge in [0, 0.05) is 22.2 Å². The third-order valence-electron chi connectivity index (χ3n) is 4.19. The van der Waals surface area contributed by atoms with E-state index < -0.39 is 0 Å². The number of methoxy groups -OCH3 is 1. The maximum absolute atomic E-state index is 5.68. The Morgan fingerprint density at radius 1 is 1.44 bits per heavy atom. The Hall–Kier alpha value is -1.49. The summed E-state index contributed by atoms with van der Waals surface area (Å²) in [5, 5.41) is 15.8. The van der Waals surface area contributed by atoms with Crippen LogP contribution in [-0.2, 0) is 17.0 Å². The molecule has 2 aromatic heterocycles. The van der Waals surface area contributed by atoms with Crippen molar-refractivity contribution in [2.24, 2.45) is 0 Å². The van der Waals surface area contributed by atoms with Gasteiger partial charge in [-0.2, -0.15) is 0 Å². The number of rotatable bonds is 7. The normalized spacial score (nSPS) is 16.7. The fraction of sp³-hybridized carbons (Fsp3) is 0.412. The van der Waals surface area contributed by atoms with Gasteiger partial charge in [-0.15, -0.1) is 16.4 Å². The number of halogens is 1. The van der Waals surface area contributed by atoms with E-state index in [1.54, 1.807) is 30.2 Å². The smallest absolute Gasteiger partial charge is 0.209 e. The Morgan fingerprint density at radius 3 is 3.19 bits per heavy atom. The van der Waals surface area contributed by atoms with E-state index in [0.717, 1.165) is 51.1 Å². The van der Waals surface area contributed by atoms with Crippen molar-refractivity contribution in [1.82, 2.24) is 25.2 Å². The highest BCUT2D eigenvalue weighted by Gasteiger charge is 2.19. The van der Waals surface area contributed by atoms with Crippen LogP contribution >= 0.6 is 39.0 Å². The average molecular weight is 468 g/mol. The van der Waals surface area contributed by atoms with Gasteiger partial charge in [0.05, 0.1) is 31.0 Å². The zero-order valence-electron chi connectivity index (χ0n) is 14.7. The van der Waals surface area contributed by atoms with E-state index in [1.807, 2.05) is 22.9 Å². The van der Waals surface area contributed by atoms with Crippen molar-refractivity contribution in [2.45, 2.75) is 36.4 Å². The van der Waals surface area contributed by atoms with E-state index in [2.05, 4.69) is 36.8 Å². The topological polar surface area (TPSA) is 75.0 Å². The van der Waals surface area contributed by atoms with Crippen LogP contribution < -0.4 is 4.74 Å². The molecular weight excluding hydrogens is 450 g/mol. The number of hydrogen-bond acceptors (Lipinski definition) is 8. The Balaban J connectivity index is 1.43. The first kappa shape index (κ1) is 18.9. The molecule has 3 aromatic rings. The zero-order valence-corrected chi connectivity index (χ0v) is 17.9. The largest absolute Gasteiger partial charge is 0.496 e. The molecule has 0 radical (unpaired) electrons. The summed E-state index contributed by atoms with van der Waals surface area (Å²) in [6, 6.07) is 5.92. The van der Waals surface area contributed by atoms with Crippen molar-refractivity contribution in [3.05, 3.63) is 33.7 Å². The molecule has 10 heteroatoms. The van der Waals surface area contributed by atoms with Crippen LogP contribution in [0.5, 0.6) is 5.75 Å². The van der Waals surface area contributed by atoms with Crippen molar-refractivity contribution < 1.29 is 9.47 Å². The van der Waals surface area contributed by atoms with Crippen molar-refractivity contribution >= 4 is 39.0 Å². The second-order valence-corrected chi connectivity index (χ2v) is 8.77. The van der Waals surface area contributed by atoms with Crippen LogP contribution in [0.15, 0.2) is 33.2 Å². The monoisotopic (exact) mass is 467 g/mol. The number of thioether (sulfide) groups is 1. The molecule has 1 unspecified atom stereocenters. The molecule has 0 aliphatic carbocycles. The lowest BCUT2D eigenvalue weighted by Crippen LogP contribution is -2.16. The number of thiazole rings is 1. The number of hydrogen-bond donors (Lipinski definition) is 0. The number of nitrogens with zero attached hydrogens (tertiary/aromatic N) is 5. The highest BCUT2D eigenvalue weighted by atomic mass is 79.9. The second-order valence-electron chi connectivity index (χ2n) is 6.06. The van der Waals surface area contributed by atoms with Gasteiger partial charge in [0.15, 0.2) is 0 Å². The third kappa shape index (κ3) is 4.50. The van der Waals surface area contributed by atoms with E-state index in [9.17, 15) is 0 Å². The second kappa shape index (κ2) is 8.68. The lowest BCUT2D eigenvalue weighted by molar-refractivity contribution is 0.0912. The minimum Gasteiger partial charge on any atom is -0.496 e. The lowest BCUT2D eigenvalue weighted by Gasteiger charge is -2.09. The first-order chi connectivity index (χ1) is 13.2. The molecule has 1 aliphatic rings. The average Bonchev–Trinajstić information content (AvgIpc) is 3.43. The molecule has 0 N–H and O–H groups in total. The van der Waals surface area contributed by atoms with Crippen LogP contribution in [0.2, 0.25) is 0 Å². The fourth-order valence-corrected chi connectivity index (χ4v) is 4.96. The van der Waals surface area contributed by atoms with Gasteiger partial charge >= 0.3 is 0 Å². The molecule has 3 heterocycles. The predicted octanol–water partition coefficient (Wildman–Crippen LogP) is 4.04. The van der Waals surface area contributed by atoms with Crippen LogP contribution in [0.3, 0.4) is 0 Å². The molecule has 142 valence electrons. The van der Waals surface area contributed by atoms with Gasteiger partial charge in [-0.05, 0) is 41.5 Å². The van der Waals surface area contributed by atoms with E-state index >= 15 is 0 Å². The lowest BCUT2D eigenvalue weighted by atomic mass is 10.2. The molecular formula is C17H18BrN5O2S2. The summed E-state index contributed by atoms with van der Waals surface area (Å²) >= 11 is 6.70. The van der Waals surface area contributed by atoms with E-state index in [4.69, 9.17) is 14.5 Å². The molecule has 27 heavy (non-hydrogen) atoms. The molecule has 1 aliphatic heterocycles. The van der Waals surface area contributed by atoms with Gasteiger partial charge in [0.1, 0.15) is 10.8 Å². The Kier molecular flexibility index (Phi) is 6.06. The fourth-order valence-electron chi connectivity index (χ4n) is 2.88. The molecule has 1 aromatic carbocycles. The Morgan fingerprint density at radius 2 is 2.37 bits per heavy atom. The van der Waals surface area contributed by atoms with Crippen molar-refractivity contribution in [3.63, 3.8) is 0 Å². The van der Waals surface area contributed by atoms with Gasteiger partial charge < -0.3 is 9.47 Å². The SMILES string of the molecule is COc1ccc(Br)cc1-c1nc(CSc2nnnn2CC2CCCO2)cs1. The van der Waals surface area contributed by atoms with E-state index in [-0.39, 0.29) is 6.10 Å². The summed E-state index contributed by atoms with van der Waals surface area (Å²) in [5.41, 5.74) is 1.98. The number of aromatic nitrogens is 5. The Labute approximate surface area is 173 Å². The van der Waals surface area contributed by atoms with Crippen molar-refractivity contribution in [2.75, 3.05) is 13.7 Å². The highest BCUT2D eigenvalue weighted by molar-refractivity contribution is 9.10. The maximum Gasteiger partial charge on any atom is 0.209 e. The summed E-state index contributed by atoms with van der Waals surface area (Å²) in [7, 11) is 1.67. The molecule has 0 bridgehead atoms. The summed E-state index contributed by atoms with van der Waals surface area (Å²) in [6.45, 7) is 1.53. The minimum atomic E-state index is 0.211. The summed E-state index contributed by atoms with van der Waals surface area (Å²) < 4.78 is 14.0. The quantitative estimate of drug-likeness (QED) is 0.485. The van der Waals surface area contributed by atoms with Gasteiger partial charge in [0.2, 0.25) is 5.16 Å². The number of ether oxygens (including phenoxy) is 2. The molecule has 7 nitrogen and oxygen atoms in total.